The van der Waals surface area contributed by atoms with Gasteiger partial charge >= 0.3 is 0 Å². The first kappa shape index (κ1) is 11.7. The van der Waals surface area contributed by atoms with Crippen LogP contribution in [0.25, 0.3) is 11.1 Å². The van der Waals surface area contributed by atoms with Gasteiger partial charge in [-0.2, -0.15) is 0 Å². The van der Waals surface area contributed by atoms with Crippen LogP contribution in [0.5, 0.6) is 0 Å². The van der Waals surface area contributed by atoms with Crippen molar-refractivity contribution >= 4 is 11.1 Å². The molecule has 1 fully saturated rings. The van der Waals surface area contributed by atoms with Crippen LogP contribution in [0.15, 0.2) is 66.7 Å². The molecule has 0 spiro atoms. The normalized spacial score (nSPS) is 23.6. The van der Waals surface area contributed by atoms with E-state index in [1.165, 1.54) is 34.3 Å². The molecule has 4 rings (SSSR count). The van der Waals surface area contributed by atoms with Crippen LogP contribution in [-0.2, 0) is 0 Å². The van der Waals surface area contributed by atoms with E-state index < -0.39 is 0 Å². The second-order valence-corrected chi connectivity index (χ2v) is 5.96. The van der Waals surface area contributed by atoms with E-state index in [9.17, 15) is 0 Å². The van der Waals surface area contributed by atoms with Gasteiger partial charge in [0.15, 0.2) is 0 Å². The third-order valence-corrected chi connectivity index (χ3v) is 4.44. The van der Waals surface area contributed by atoms with Crippen LogP contribution in [-0.4, -0.2) is 0 Å². The molecule has 0 aromatic heterocycles. The third-order valence-electron chi connectivity index (χ3n) is 4.44. The fourth-order valence-corrected chi connectivity index (χ4v) is 3.16. The highest BCUT2D eigenvalue weighted by Gasteiger charge is 2.41. The van der Waals surface area contributed by atoms with Crippen molar-refractivity contribution in [3.8, 4) is 0 Å². The lowest BCUT2D eigenvalue weighted by Crippen LogP contribution is -1.96. The van der Waals surface area contributed by atoms with Crippen molar-refractivity contribution in [3.63, 3.8) is 0 Å². The van der Waals surface area contributed by atoms with E-state index in [0.29, 0.717) is 0 Å². The molecule has 0 amide bonds. The van der Waals surface area contributed by atoms with E-state index in [1.807, 2.05) is 0 Å². The van der Waals surface area contributed by atoms with Crippen molar-refractivity contribution in [2.24, 2.45) is 11.8 Å². The molecule has 2 atom stereocenters. The van der Waals surface area contributed by atoms with Gasteiger partial charge in [0, 0.05) is 0 Å². The molecular weight excluding hydrogens is 240 g/mol. The van der Waals surface area contributed by atoms with Crippen molar-refractivity contribution in [2.75, 3.05) is 0 Å². The molecule has 98 valence electrons. The van der Waals surface area contributed by atoms with Crippen LogP contribution >= 0.6 is 0 Å². The van der Waals surface area contributed by atoms with E-state index in [4.69, 9.17) is 0 Å². The van der Waals surface area contributed by atoms with Crippen LogP contribution in [0.4, 0.5) is 0 Å². The minimum atomic E-state index is 0.755. The summed E-state index contributed by atoms with van der Waals surface area (Å²) in [6.45, 7) is 2.15. The van der Waals surface area contributed by atoms with Gasteiger partial charge in [0.1, 0.15) is 0 Å². The quantitative estimate of drug-likeness (QED) is 0.702. The minimum Gasteiger partial charge on any atom is -0.0729 e. The van der Waals surface area contributed by atoms with Gasteiger partial charge < -0.3 is 0 Å². The van der Waals surface area contributed by atoms with Crippen molar-refractivity contribution in [3.05, 3.63) is 83.4 Å². The zero-order chi connectivity index (χ0) is 13.5. The van der Waals surface area contributed by atoms with Crippen LogP contribution in [0.1, 0.15) is 23.1 Å². The fourth-order valence-electron chi connectivity index (χ4n) is 3.16. The molecule has 0 aliphatic heterocycles. The largest absolute Gasteiger partial charge is 0.0729 e. The Labute approximate surface area is 120 Å². The zero-order valence-electron chi connectivity index (χ0n) is 11.7. The number of hydrogen-bond donors (Lipinski definition) is 0. The molecule has 0 nitrogen and oxygen atoms in total. The van der Waals surface area contributed by atoms with Crippen molar-refractivity contribution in [1.82, 2.24) is 0 Å². The molecule has 0 saturated heterocycles. The summed E-state index contributed by atoms with van der Waals surface area (Å²) in [4.78, 5) is 0. The SMILES string of the molecule is Cc1ccc(C2=CC(c3ccccc3)=CC3CC23)cc1. The summed E-state index contributed by atoms with van der Waals surface area (Å²) in [5.41, 5.74) is 6.97. The molecule has 2 aromatic rings. The molecular formula is C20H18. The lowest BCUT2D eigenvalue weighted by Gasteiger charge is -2.14. The van der Waals surface area contributed by atoms with E-state index in [-0.39, 0.29) is 0 Å². The van der Waals surface area contributed by atoms with Crippen molar-refractivity contribution in [1.29, 1.82) is 0 Å². The van der Waals surface area contributed by atoms with Gasteiger partial charge in [-0.3, -0.25) is 0 Å². The fraction of sp³-hybridized carbons (Fsp3) is 0.200. The molecule has 0 bridgehead atoms. The monoisotopic (exact) mass is 258 g/mol. The lowest BCUT2D eigenvalue weighted by atomic mass is 9.90. The van der Waals surface area contributed by atoms with Gasteiger partial charge in [-0.25, -0.2) is 0 Å². The predicted octanol–water partition coefficient (Wildman–Crippen LogP) is 5.11. The topological polar surface area (TPSA) is 0 Å². The Morgan fingerprint density at radius 1 is 0.850 bits per heavy atom. The number of allylic oxidation sites excluding steroid dienone is 4. The summed E-state index contributed by atoms with van der Waals surface area (Å²) in [5.74, 6) is 1.51. The summed E-state index contributed by atoms with van der Waals surface area (Å²) in [6, 6.07) is 19.7. The highest BCUT2D eigenvalue weighted by Crippen LogP contribution is 2.53. The molecule has 0 heterocycles. The van der Waals surface area contributed by atoms with Crippen LogP contribution in [0.2, 0.25) is 0 Å². The van der Waals surface area contributed by atoms with Gasteiger partial charge in [0.2, 0.25) is 0 Å². The first-order valence-corrected chi connectivity index (χ1v) is 7.37. The zero-order valence-corrected chi connectivity index (χ0v) is 11.7. The summed E-state index contributed by atoms with van der Waals surface area (Å²) in [7, 11) is 0. The molecule has 20 heavy (non-hydrogen) atoms. The minimum absolute atomic E-state index is 0.755. The Kier molecular flexibility index (Phi) is 2.63. The van der Waals surface area contributed by atoms with Crippen molar-refractivity contribution < 1.29 is 0 Å². The molecule has 2 aromatic carbocycles. The molecule has 1 saturated carbocycles. The highest BCUT2D eigenvalue weighted by molar-refractivity contribution is 5.88. The number of hydrogen-bond acceptors (Lipinski definition) is 0. The van der Waals surface area contributed by atoms with E-state index in [0.717, 1.165) is 11.8 Å². The van der Waals surface area contributed by atoms with Gasteiger partial charge in [-0.05, 0) is 47.5 Å². The van der Waals surface area contributed by atoms with Gasteiger partial charge in [-0.15, -0.1) is 0 Å². The Balaban J connectivity index is 1.75. The van der Waals surface area contributed by atoms with E-state index in [1.54, 1.807) is 0 Å². The van der Waals surface area contributed by atoms with Gasteiger partial charge in [-0.1, -0.05) is 72.3 Å². The van der Waals surface area contributed by atoms with E-state index >= 15 is 0 Å². The Bertz CT molecular complexity index is 687. The molecule has 0 heteroatoms. The second-order valence-electron chi connectivity index (χ2n) is 5.96. The average molecular weight is 258 g/mol. The smallest absolute Gasteiger partial charge is 0.00865 e. The maximum Gasteiger partial charge on any atom is -0.00865 e. The summed E-state index contributed by atoms with van der Waals surface area (Å²) in [6.07, 6.45) is 6.17. The second kappa shape index (κ2) is 4.49. The molecule has 0 radical (unpaired) electrons. The van der Waals surface area contributed by atoms with Crippen LogP contribution in [0, 0.1) is 18.8 Å². The Morgan fingerprint density at radius 3 is 2.35 bits per heavy atom. The highest BCUT2D eigenvalue weighted by atomic mass is 14.4. The van der Waals surface area contributed by atoms with Crippen LogP contribution < -0.4 is 0 Å². The summed E-state index contributed by atoms with van der Waals surface area (Å²) in [5, 5.41) is 0. The summed E-state index contributed by atoms with van der Waals surface area (Å²) >= 11 is 0. The number of aryl methyl sites for hydroxylation is 1. The first-order chi connectivity index (χ1) is 9.81. The van der Waals surface area contributed by atoms with Gasteiger partial charge in [0.25, 0.3) is 0 Å². The van der Waals surface area contributed by atoms with Gasteiger partial charge in [0.05, 0.1) is 0 Å². The molecule has 0 N–H and O–H groups in total. The third kappa shape index (κ3) is 2.02. The Hall–Kier alpha value is -2.08. The lowest BCUT2D eigenvalue weighted by molar-refractivity contribution is 1.00. The van der Waals surface area contributed by atoms with Crippen molar-refractivity contribution in [2.45, 2.75) is 13.3 Å². The Morgan fingerprint density at radius 2 is 1.60 bits per heavy atom. The predicted molar refractivity (Wildman–Crippen MR) is 85.2 cm³/mol. The number of benzene rings is 2. The molecule has 2 aliphatic rings. The molecule has 2 aliphatic carbocycles. The summed E-state index contributed by atoms with van der Waals surface area (Å²) < 4.78 is 0. The number of fused-ring (bicyclic) bond motifs is 1. The average Bonchev–Trinajstić information content (AvgIpc) is 3.27. The number of rotatable bonds is 2. The van der Waals surface area contributed by atoms with E-state index in [2.05, 4.69) is 73.7 Å². The maximum absolute atomic E-state index is 2.46. The standard InChI is InChI=1S/C20H18/c1-14-7-9-16(10-8-14)19-12-17(11-18-13-20(18)19)15-5-3-2-4-6-15/h2-12,18,20H,13H2,1H3. The maximum atomic E-state index is 2.46. The molecule has 2 unspecified atom stereocenters. The first-order valence-electron chi connectivity index (χ1n) is 7.37. The van der Waals surface area contributed by atoms with Crippen LogP contribution in [0.3, 0.4) is 0 Å².